The number of hydrogen-bond acceptors (Lipinski definition) is 3. The molecule has 15 heavy (non-hydrogen) atoms. The van der Waals surface area contributed by atoms with E-state index in [4.69, 9.17) is 5.26 Å². The summed E-state index contributed by atoms with van der Waals surface area (Å²) in [6.45, 7) is 2.24. The predicted molar refractivity (Wildman–Crippen MR) is 53.6 cm³/mol. The zero-order chi connectivity index (χ0) is 11.4. The molecule has 0 saturated carbocycles. The van der Waals surface area contributed by atoms with Gasteiger partial charge in [-0.3, -0.25) is 9.59 Å². The quantitative estimate of drug-likeness (QED) is 0.704. The lowest BCUT2D eigenvalue weighted by molar-refractivity contribution is -0.136. The van der Waals surface area contributed by atoms with Crippen LogP contribution >= 0.6 is 0 Å². The van der Waals surface area contributed by atoms with Crippen molar-refractivity contribution in [3.8, 4) is 6.07 Å². The topological polar surface area (TPSA) is 73.2 Å². The maximum Gasteiger partial charge on any atom is 0.227 e. The van der Waals surface area contributed by atoms with Gasteiger partial charge in [0.25, 0.3) is 0 Å². The first-order valence-electron chi connectivity index (χ1n) is 4.96. The Labute approximate surface area is 89.0 Å². The van der Waals surface area contributed by atoms with Gasteiger partial charge in [-0.1, -0.05) is 0 Å². The summed E-state index contributed by atoms with van der Waals surface area (Å²) in [6.07, 6.45) is 0.582. The lowest BCUT2D eigenvalue weighted by atomic mass is 10.1. The molecule has 1 rings (SSSR count). The fourth-order valence-electron chi connectivity index (χ4n) is 1.55. The van der Waals surface area contributed by atoms with Crippen LogP contribution in [0, 0.1) is 17.2 Å². The standard InChI is InChI=1S/C10H15N3O2/c1-7(3-4-11)13(2)10(15)8-5-9(14)12-6-8/h7-8H,3,5-6H2,1-2H3,(H,12,14). The highest BCUT2D eigenvalue weighted by atomic mass is 16.2. The molecule has 0 aromatic carbocycles. The molecule has 2 amide bonds. The van der Waals surface area contributed by atoms with Crippen LogP contribution in [0.5, 0.6) is 0 Å². The van der Waals surface area contributed by atoms with E-state index in [-0.39, 0.29) is 30.2 Å². The van der Waals surface area contributed by atoms with Crippen LogP contribution in [-0.4, -0.2) is 36.3 Å². The van der Waals surface area contributed by atoms with Crippen molar-refractivity contribution >= 4 is 11.8 Å². The third-order valence-corrected chi connectivity index (χ3v) is 2.72. The molecule has 0 aromatic heterocycles. The van der Waals surface area contributed by atoms with Crippen molar-refractivity contribution in [2.24, 2.45) is 5.92 Å². The van der Waals surface area contributed by atoms with Crippen LogP contribution in [0.3, 0.4) is 0 Å². The van der Waals surface area contributed by atoms with Gasteiger partial charge in [0.1, 0.15) is 0 Å². The van der Waals surface area contributed by atoms with E-state index in [0.717, 1.165) is 0 Å². The monoisotopic (exact) mass is 209 g/mol. The molecule has 1 fully saturated rings. The number of carbonyl (C=O) groups excluding carboxylic acids is 2. The molecule has 1 aliphatic rings. The summed E-state index contributed by atoms with van der Waals surface area (Å²) in [5.74, 6) is -0.394. The van der Waals surface area contributed by atoms with Crippen LogP contribution in [0.25, 0.3) is 0 Å². The number of nitrogens with zero attached hydrogens (tertiary/aromatic N) is 2. The molecule has 1 heterocycles. The molecule has 82 valence electrons. The molecule has 5 heteroatoms. The van der Waals surface area contributed by atoms with Gasteiger partial charge in [0.2, 0.25) is 11.8 Å². The molecule has 2 unspecified atom stereocenters. The van der Waals surface area contributed by atoms with E-state index in [1.54, 1.807) is 11.9 Å². The van der Waals surface area contributed by atoms with Gasteiger partial charge in [-0.05, 0) is 6.92 Å². The molecule has 0 bridgehead atoms. The number of hydrogen-bond donors (Lipinski definition) is 1. The Hall–Kier alpha value is -1.57. The van der Waals surface area contributed by atoms with Gasteiger partial charge in [-0.2, -0.15) is 5.26 Å². The summed E-state index contributed by atoms with van der Waals surface area (Å²) in [7, 11) is 1.67. The molecule has 0 radical (unpaired) electrons. The Bertz CT molecular complexity index is 308. The Morgan fingerprint density at radius 2 is 2.47 bits per heavy atom. The van der Waals surface area contributed by atoms with Crippen molar-refractivity contribution in [3.05, 3.63) is 0 Å². The van der Waals surface area contributed by atoms with Gasteiger partial charge in [-0.25, -0.2) is 0 Å². The smallest absolute Gasteiger partial charge is 0.227 e. The minimum Gasteiger partial charge on any atom is -0.355 e. The third kappa shape index (κ3) is 2.69. The normalized spacial score (nSPS) is 21.7. The Morgan fingerprint density at radius 3 is 2.93 bits per heavy atom. The summed E-state index contributed by atoms with van der Waals surface area (Å²) in [4.78, 5) is 24.3. The lowest BCUT2D eigenvalue weighted by Crippen LogP contribution is -2.39. The zero-order valence-corrected chi connectivity index (χ0v) is 8.99. The zero-order valence-electron chi connectivity index (χ0n) is 8.99. The van der Waals surface area contributed by atoms with Gasteiger partial charge in [0.15, 0.2) is 0 Å². The molecule has 1 saturated heterocycles. The van der Waals surface area contributed by atoms with E-state index >= 15 is 0 Å². The second-order valence-electron chi connectivity index (χ2n) is 3.87. The van der Waals surface area contributed by atoms with E-state index in [2.05, 4.69) is 5.32 Å². The molecular weight excluding hydrogens is 194 g/mol. The van der Waals surface area contributed by atoms with Gasteiger partial charge < -0.3 is 10.2 Å². The average molecular weight is 209 g/mol. The Morgan fingerprint density at radius 1 is 1.80 bits per heavy atom. The first-order valence-corrected chi connectivity index (χ1v) is 4.96. The summed E-state index contributed by atoms with van der Waals surface area (Å²) in [6, 6.07) is 1.93. The van der Waals surface area contributed by atoms with E-state index in [0.29, 0.717) is 13.0 Å². The highest BCUT2D eigenvalue weighted by Crippen LogP contribution is 2.14. The maximum absolute atomic E-state index is 11.8. The van der Waals surface area contributed by atoms with Gasteiger partial charge in [0.05, 0.1) is 18.4 Å². The molecule has 0 spiro atoms. The lowest BCUT2D eigenvalue weighted by Gasteiger charge is -2.25. The van der Waals surface area contributed by atoms with Crippen molar-refractivity contribution in [2.45, 2.75) is 25.8 Å². The van der Waals surface area contributed by atoms with Crippen molar-refractivity contribution < 1.29 is 9.59 Å². The summed E-state index contributed by atoms with van der Waals surface area (Å²) in [5, 5.41) is 11.1. The summed E-state index contributed by atoms with van der Waals surface area (Å²) in [5.41, 5.74) is 0. The van der Waals surface area contributed by atoms with E-state index in [1.165, 1.54) is 0 Å². The largest absolute Gasteiger partial charge is 0.355 e. The Balaban J connectivity index is 2.53. The minimum atomic E-state index is -0.261. The second kappa shape index (κ2) is 4.78. The predicted octanol–water partition coefficient (Wildman–Crippen LogP) is -0.117. The van der Waals surface area contributed by atoms with Crippen molar-refractivity contribution in [1.82, 2.24) is 10.2 Å². The van der Waals surface area contributed by atoms with Crippen LogP contribution in [-0.2, 0) is 9.59 Å². The molecule has 2 atom stereocenters. The highest BCUT2D eigenvalue weighted by molar-refractivity contribution is 5.89. The van der Waals surface area contributed by atoms with Crippen LogP contribution in [0.1, 0.15) is 19.8 Å². The summed E-state index contributed by atoms with van der Waals surface area (Å²) >= 11 is 0. The molecular formula is C10H15N3O2. The van der Waals surface area contributed by atoms with E-state index in [1.807, 2.05) is 13.0 Å². The first-order chi connectivity index (χ1) is 7.06. The molecule has 1 N–H and O–H groups in total. The molecule has 0 aliphatic carbocycles. The number of amides is 2. The minimum absolute atomic E-state index is 0.0592. The van der Waals surface area contributed by atoms with Crippen molar-refractivity contribution in [3.63, 3.8) is 0 Å². The molecule has 5 nitrogen and oxygen atoms in total. The highest BCUT2D eigenvalue weighted by Gasteiger charge is 2.31. The Kier molecular flexibility index (Phi) is 3.67. The number of rotatable bonds is 3. The van der Waals surface area contributed by atoms with Crippen LogP contribution in [0.15, 0.2) is 0 Å². The van der Waals surface area contributed by atoms with Crippen molar-refractivity contribution in [1.29, 1.82) is 5.26 Å². The van der Waals surface area contributed by atoms with Gasteiger partial charge in [0, 0.05) is 26.1 Å². The van der Waals surface area contributed by atoms with E-state index in [9.17, 15) is 9.59 Å². The number of nitrogens with one attached hydrogen (secondary N) is 1. The third-order valence-electron chi connectivity index (χ3n) is 2.72. The molecule has 0 aromatic rings. The van der Waals surface area contributed by atoms with Crippen molar-refractivity contribution in [2.75, 3.05) is 13.6 Å². The number of nitriles is 1. The SMILES string of the molecule is CC(CC#N)N(C)C(=O)C1CNC(=O)C1. The first kappa shape index (κ1) is 11.5. The van der Waals surface area contributed by atoms with Crippen LogP contribution in [0.2, 0.25) is 0 Å². The molecule has 1 aliphatic heterocycles. The summed E-state index contributed by atoms with van der Waals surface area (Å²) < 4.78 is 0. The fraction of sp³-hybridized carbons (Fsp3) is 0.700. The number of carbonyl (C=O) groups is 2. The average Bonchev–Trinajstić information content (AvgIpc) is 2.63. The maximum atomic E-state index is 11.8. The van der Waals surface area contributed by atoms with Crippen LogP contribution < -0.4 is 5.32 Å². The second-order valence-corrected chi connectivity index (χ2v) is 3.87. The van der Waals surface area contributed by atoms with Gasteiger partial charge >= 0.3 is 0 Å². The van der Waals surface area contributed by atoms with Gasteiger partial charge in [-0.15, -0.1) is 0 Å². The fourth-order valence-corrected chi connectivity index (χ4v) is 1.55. The van der Waals surface area contributed by atoms with E-state index < -0.39 is 0 Å². The van der Waals surface area contributed by atoms with Crippen LogP contribution in [0.4, 0.5) is 0 Å².